The highest BCUT2D eigenvalue weighted by Gasteiger charge is 2.20. The van der Waals surface area contributed by atoms with E-state index in [-0.39, 0.29) is 11.9 Å². The smallest absolute Gasteiger partial charge is 0.234 e. The van der Waals surface area contributed by atoms with Crippen LogP contribution in [0, 0.1) is 5.92 Å². The van der Waals surface area contributed by atoms with E-state index in [4.69, 9.17) is 0 Å². The van der Waals surface area contributed by atoms with E-state index in [0.717, 1.165) is 35.3 Å². The molecular formula is C18H24N4OS. The average molecular weight is 344 g/mol. The maximum Gasteiger partial charge on any atom is 0.234 e. The van der Waals surface area contributed by atoms with Crippen LogP contribution in [-0.4, -0.2) is 40.4 Å². The zero-order valence-corrected chi connectivity index (χ0v) is 15.1. The molecule has 0 saturated carbocycles. The molecule has 0 aliphatic carbocycles. The van der Waals surface area contributed by atoms with E-state index in [1.807, 2.05) is 24.4 Å². The Labute approximate surface area is 147 Å². The number of nitrogens with one attached hydrogen (secondary N) is 1. The molecule has 1 fully saturated rings. The number of carbonyl (C=O) groups excluding carboxylic acids is 1. The van der Waals surface area contributed by atoms with Gasteiger partial charge in [-0.25, -0.2) is 4.98 Å². The molecule has 6 heteroatoms. The quantitative estimate of drug-likeness (QED) is 0.905. The first-order chi connectivity index (χ1) is 11.6. The third-order valence-corrected chi connectivity index (χ3v) is 5.50. The van der Waals surface area contributed by atoms with Crippen molar-refractivity contribution in [3.63, 3.8) is 0 Å². The van der Waals surface area contributed by atoms with Crippen LogP contribution in [0.15, 0.2) is 29.9 Å². The second-order valence-electron chi connectivity index (χ2n) is 6.56. The Morgan fingerprint density at radius 2 is 2.25 bits per heavy atom. The minimum atomic E-state index is -0.0726. The lowest BCUT2D eigenvalue weighted by molar-refractivity contribution is -0.123. The maximum absolute atomic E-state index is 12.3. The average Bonchev–Trinajstić information content (AvgIpc) is 3.08. The molecule has 1 aliphatic heterocycles. The van der Waals surface area contributed by atoms with Gasteiger partial charge in [0.2, 0.25) is 5.91 Å². The van der Waals surface area contributed by atoms with Gasteiger partial charge in [-0.05, 0) is 50.9 Å². The van der Waals surface area contributed by atoms with Gasteiger partial charge in [-0.1, -0.05) is 6.92 Å². The Balaban J connectivity index is 1.54. The van der Waals surface area contributed by atoms with Crippen LogP contribution in [0.4, 0.5) is 0 Å². The summed E-state index contributed by atoms with van der Waals surface area (Å²) >= 11 is 1.57. The Bertz CT molecular complexity index is 665. The van der Waals surface area contributed by atoms with Crippen LogP contribution in [0.3, 0.4) is 0 Å². The van der Waals surface area contributed by atoms with Crippen LogP contribution in [-0.2, 0) is 4.79 Å². The monoisotopic (exact) mass is 344 g/mol. The fraction of sp³-hybridized carbons (Fsp3) is 0.500. The maximum atomic E-state index is 12.3. The summed E-state index contributed by atoms with van der Waals surface area (Å²) in [6.45, 7) is 6.79. The van der Waals surface area contributed by atoms with Gasteiger partial charge < -0.3 is 5.32 Å². The standard InChI is InChI=1S/C18H24N4OS/c1-13-5-8-22(9-6-13)11-17(23)20-14(2)18-21-16(12-24-18)15-4-3-7-19-10-15/h3-4,7,10,12-14H,5-6,8-9,11H2,1-2H3,(H,20,23)/t14-/m1/s1. The summed E-state index contributed by atoms with van der Waals surface area (Å²) in [6, 6.07) is 3.82. The van der Waals surface area contributed by atoms with Crippen LogP contribution in [0.25, 0.3) is 11.3 Å². The van der Waals surface area contributed by atoms with E-state index < -0.39 is 0 Å². The molecule has 0 radical (unpaired) electrons. The molecule has 1 aliphatic rings. The van der Waals surface area contributed by atoms with E-state index in [0.29, 0.717) is 6.54 Å². The molecular weight excluding hydrogens is 320 g/mol. The summed E-state index contributed by atoms with van der Waals surface area (Å²) in [5.41, 5.74) is 1.91. The number of hydrogen-bond donors (Lipinski definition) is 1. The summed E-state index contributed by atoms with van der Waals surface area (Å²) in [5, 5.41) is 6.01. The van der Waals surface area contributed by atoms with Crippen molar-refractivity contribution in [2.45, 2.75) is 32.7 Å². The zero-order chi connectivity index (χ0) is 16.9. The highest BCUT2D eigenvalue weighted by Crippen LogP contribution is 2.24. The predicted octanol–water partition coefficient (Wildman–Crippen LogP) is 3.11. The Morgan fingerprint density at radius 3 is 2.96 bits per heavy atom. The van der Waals surface area contributed by atoms with Crippen molar-refractivity contribution >= 4 is 17.2 Å². The molecule has 128 valence electrons. The Hall–Kier alpha value is -1.79. The van der Waals surface area contributed by atoms with Crippen LogP contribution in [0.1, 0.15) is 37.7 Å². The molecule has 3 heterocycles. The lowest BCUT2D eigenvalue weighted by Gasteiger charge is -2.29. The topological polar surface area (TPSA) is 58.1 Å². The lowest BCUT2D eigenvalue weighted by Crippen LogP contribution is -2.41. The van der Waals surface area contributed by atoms with Gasteiger partial charge in [-0.3, -0.25) is 14.7 Å². The third kappa shape index (κ3) is 4.39. The number of thiazole rings is 1. The number of amides is 1. The fourth-order valence-electron chi connectivity index (χ4n) is 2.91. The molecule has 0 unspecified atom stereocenters. The first-order valence-corrected chi connectivity index (χ1v) is 9.37. The van der Waals surface area contributed by atoms with Crippen LogP contribution in [0.2, 0.25) is 0 Å². The molecule has 0 aromatic carbocycles. The Kier molecular flexibility index (Phi) is 5.58. The van der Waals surface area contributed by atoms with Gasteiger partial charge in [0.25, 0.3) is 0 Å². The van der Waals surface area contributed by atoms with E-state index in [9.17, 15) is 4.79 Å². The van der Waals surface area contributed by atoms with Gasteiger partial charge in [-0.15, -0.1) is 11.3 Å². The predicted molar refractivity (Wildman–Crippen MR) is 96.7 cm³/mol. The van der Waals surface area contributed by atoms with Crippen molar-refractivity contribution in [3.8, 4) is 11.3 Å². The van der Waals surface area contributed by atoms with Crippen molar-refractivity contribution in [2.24, 2.45) is 5.92 Å². The van der Waals surface area contributed by atoms with Crippen molar-refractivity contribution < 1.29 is 4.79 Å². The van der Waals surface area contributed by atoms with Gasteiger partial charge in [0.1, 0.15) is 5.01 Å². The van der Waals surface area contributed by atoms with Gasteiger partial charge >= 0.3 is 0 Å². The number of aromatic nitrogens is 2. The van der Waals surface area contributed by atoms with Crippen LogP contribution in [0.5, 0.6) is 0 Å². The molecule has 3 rings (SSSR count). The Morgan fingerprint density at radius 1 is 1.46 bits per heavy atom. The van der Waals surface area contributed by atoms with Gasteiger partial charge in [0.15, 0.2) is 0 Å². The molecule has 1 saturated heterocycles. The molecule has 1 N–H and O–H groups in total. The van der Waals surface area contributed by atoms with Crippen molar-refractivity contribution in [3.05, 3.63) is 34.9 Å². The first kappa shape index (κ1) is 17.0. The number of pyridine rings is 1. The first-order valence-electron chi connectivity index (χ1n) is 8.49. The SMILES string of the molecule is CC1CCN(CC(=O)N[C@H](C)c2nc(-c3cccnc3)cs2)CC1. The minimum Gasteiger partial charge on any atom is -0.346 e. The summed E-state index contributed by atoms with van der Waals surface area (Å²) in [7, 11) is 0. The van der Waals surface area contributed by atoms with Crippen molar-refractivity contribution in [1.29, 1.82) is 0 Å². The van der Waals surface area contributed by atoms with E-state index in [1.54, 1.807) is 23.7 Å². The normalized spacial score (nSPS) is 17.6. The number of piperidine rings is 1. The summed E-state index contributed by atoms with van der Waals surface area (Å²) in [5.74, 6) is 0.861. The zero-order valence-electron chi connectivity index (χ0n) is 14.2. The summed E-state index contributed by atoms with van der Waals surface area (Å²) in [6.07, 6.45) is 5.92. The number of carbonyl (C=O) groups is 1. The van der Waals surface area contributed by atoms with Crippen LogP contribution >= 0.6 is 11.3 Å². The molecule has 1 atom stereocenters. The fourth-order valence-corrected chi connectivity index (χ4v) is 3.74. The molecule has 2 aromatic heterocycles. The van der Waals surface area contributed by atoms with Crippen LogP contribution < -0.4 is 5.32 Å². The lowest BCUT2D eigenvalue weighted by atomic mass is 9.99. The summed E-state index contributed by atoms with van der Waals surface area (Å²) in [4.78, 5) is 23.3. The number of nitrogens with zero attached hydrogens (tertiary/aromatic N) is 3. The van der Waals surface area contributed by atoms with Gasteiger partial charge in [-0.2, -0.15) is 0 Å². The highest BCUT2D eigenvalue weighted by atomic mass is 32.1. The van der Waals surface area contributed by atoms with Gasteiger partial charge in [0, 0.05) is 23.3 Å². The second kappa shape index (κ2) is 7.85. The molecule has 0 bridgehead atoms. The van der Waals surface area contributed by atoms with Gasteiger partial charge in [0.05, 0.1) is 18.3 Å². The molecule has 24 heavy (non-hydrogen) atoms. The molecule has 1 amide bonds. The van der Waals surface area contributed by atoms with E-state index in [2.05, 4.69) is 27.1 Å². The van der Waals surface area contributed by atoms with E-state index in [1.165, 1.54) is 12.8 Å². The molecule has 0 spiro atoms. The van der Waals surface area contributed by atoms with Crippen molar-refractivity contribution in [1.82, 2.24) is 20.2 Å². The molecule has 2 aromatic rings. The second-order valence-corrected chi connectivity index (χ2v) is 7.45. The highest BCUT2D eigenvalue weighted by molar-refractivity contribution is 7.10. The van der Waals surface area contributed by atoms with E-state index >= 15 is 0 Å². The molecule has 5 nitrogen and oxygen atoms in total. The third-order valence-electron chi connectivity index (χ3n) is 4.47. The largest absolute Gasteiger partial charge is 0.346 e. The minimum absolute atomic E-state index is 0.0726. The number of hydrogen-bond acceptors (Lipinski definition) is 5. The van der Waals surface area contributed by atoms with Crippen molar-refractivity contribution in [2.75, 3.05) is 19.6 Å². The summed E-state index contributed by atoms with van der Waals surface area (Å²) < 4.78 is 0. The number of rotatable bonds is 5. The number of likely N-dealkylation sites (tertiary alicyclic amines) is 1.